The van der Waals surface area contributed by atoms with Gasteiger partial charge in [0, 0.05) is 11.6 Å². The maximum Gasteiger partial charge on any atom is 0.0743 e. The molecular weight excluding hydrogens is 266 g/mol. The third-order valence-electron chi connectivity index (χ3n) is 4.60. The second kappa shape index (κ2) is 5.92. The molecule has 1 nitrogen and oxygen atoms in total. The van der Waals surface area contributed by atoms with Crippen LogP contribution in [0.4, 0.5) is 0 Å². The average Bonchev–Trinajstić information content (AvgIpc) is 2.54. The van der Waals surface area contributed by atoms with Crippen LogP contribution < -0.4 is 0 Å². The lowest BCUT2D eigenvalue weighted by Crippen LogP contribution is -2.24. The largest absolute Gasteiger partial charge is 0.256 e. The normalized spacial score (nSPS) is 18.9. The summed E-state index contributed by atoms with van der Waals surface area (Å²) in [5, 5.41) is 2.50. The fourth-order valence-corrected chi connectivity index (χ4v) is 3.47. The first-order valence-corrected chi connectivity index (χ1v) is 7.98. The number of rotatable bonds is 3. The number of nitrogens with zero attached hydrogens (tertiary/aromatic N) is 1. The van der Waals surface area contributed by atoms with Crippen molar-refractivity contribution in [3.63, 3.8) is 0 Å². The minimum Gasteiger partial charge on any atom is -0.256 e. The summed E-state index contributed by atoms with van der Waals surface area (Å²) >= 11 is 0. The van der Waals surface area contributed by atoms with Crippen molar-refractivity contribution in [1.82, 2.24) is 4.98 Å². The molecule has 0 N–H and O–H groups in total. The molecule has 1 aliphatic carbocycles. The molecule has 1 heteroatoms. The van der Waals surface area contributed by atoms with E-state index in [1.54, 1.807) is 0 Å². The molecule has 1 heterocycles. The van der Waals surface area contributed by atoms with E-state index in [9.17, 15) is 0 Å². The zero-order valence-corrected chi connectivity index (χ0v) is 13.6. The van der Waals surface area contributed by atoms with Gasteiger partial charge in [0.25, 0.3) is 0 Å². The van der Waals surface area contributed by atoms with Crippen LogP contribution in [0.3, 0.4) is 0 Å². The molecule has 0 saturated heterocycles. The predicted octanol–water partition coefficient (Wildman–Crippen LogP) is 5.80. The maximum absolute atomic E-state index is 4.73. The third kappa shape index (κ3) is 2.64. The lowest BCUT2D eigenvalue weighted by atomic mass is 9.70. The van der Waals surface area contributed by atoms with Crippen molar-refractivity contribution in [1.29, 1.82) is 0 Å². The average molecular weight is 289 g/mol. The topological polar surface area (TPSA) is 12.9 Å². The molecule has 1 aliphatic rings. The molecule has 1 unspecified atom stereocenters. The monoisotopic (exact) mass is 289 g/mol. The van der Waals surface area contributed by atoms with Crippen LogP contribution in [-0.2, 0) is 0 Å². The van der Waals surface area contributed by atoms with Gasteiger partial charge in [0.15, 0.2) is 0 Å². The fraction of sp³-hybridized carbons (Fsp3) is 0.286. The Morgan fingerprint density at radius 1 is 1.18 bits per heavy atom. The summed E-state index contributed by atoms with van der Waals surface area (Å²) in [5.41, 5.74) is 2.59. The number of fused-ring (bicyclic) bond motifs is 1. The summed E-state index contributed by atoms with van der Waals surface area (Å²) in [6.07, 6.45) is 14.1. The highest BCUT2D eigenvalue weighted by atomic mass is 14.7. The number of pyridine rings is 1. The van der Waals surface area contributed by atoms with E-state index in [2.05, 4.69) is 81.5 Å². The Morgan fingerprint density at radius 3 is 2.82 bits per heavy atom. The highest BCUT2D eigenvalue weighted by Gasteiger charge is 2.31. The van der Waals surface area contributed by atoms with Crippen LogP contribution in [-0.4, -0.2) is 4.98 Å². The highest BCUT2D eigenvalue weighted by molar-refractivity contribution is 5.93. The maximum atomic E-state index is 4.73. The molecule has 112 valence electrons. The molecule has 0 fully saturated rings. The number of benzene rings is 1. The van der Waals surface area contributed by atoms with E-state index in [-0.39, 0.29) is 5.41 Å². The van der Waals surface area contributed by atoms with Crippen molar-refractivity contribution in [3.8, 4) is 0 Å². The SMILES string of the molecule is CC=CC(C)(C)C1CC=CC=C1c1nccc2ccccc12. The van der Waals surface area contributed by atoms with Crippen molar-refractivity contribution in [3.05, 3.63) is 72.6 Å². The van der Waals surface area contributed by atoms with E-state index in [0.29, 0.717) is 5.92 Å². The predicted molar refractivity (Wildman–Crippen MR) is 95.6 cm³/mol. The summed E-state index contributed by atoms with van der Waals surface area (Å²) in [4.78, 5) is 4.73. The van der Waals surface area contributed by atoms with Crippen LogP contribution in [0.5, 0.6) is 0 Å². The van der Waals surface area contributed by atoms with E-state index >= 15 is 0 Å². The van der Waals surface area contributed by atoms with Gasteiger partial charge >= 0.3 is 0 Å². The first kappa shape index (κ1) is 14.8. The van der Waals surface area contributed by atoms with Crippen molar-refractivity contribution >= 4 is 16.3 Å². The van der Waals surface area contributed by atoms with Gasteiger partial charge in [0.2, 0.25) is 0 Å². The van der Waals surface area contributed by atoms with Crippen LogP contribution in [0.2, 0.25) is 0 Å². The van der Waals surface area contributed by atoms with E-state index in [4.69, 9.17) is 4.98 Å². The van der Waals surface area contributed by atoms with Gasteiger partial charge in [-0.15, -0.1) is 0 Å². The van der Waals surface area contributed by atoms with Gasteiger partial charge in [-0.05, 0) is 41.7 Å². The molecule has 0 radical (unpaired) electrons. The molecule has 1 aromatic carbocycles. The summed E-state index contributed by atoms with van der Waals surface area (Å²) in [6.45, 7) is 6.73. The van der Waals surface area contributed by atoms with Crippen LogP contribution >= 0.6 is 0 Å². The number of hydrogen-bond donors (Lipinski definition) is 0. The van der Waals surface area contributed by atoms with Gasteiger partial charge in [-0.25, -0.2) is 0 Å². The minimum absolute atomic E-state index is 0.115. The lowest BCUT2D eigenvalue weighted by molar-refractivity contribution is 0.354. The number of aromatic nitrogens is 1. The first-order chi connectivity index (χ1) is 10.6. The molecule has 0 aliphatic heterocycles. The first-order valence-electron chi connectivity index (χ1n) is 7.98. The minimum atomic E-state index is 0.115. The van der Waals surface area contributed by atoms with Crippen LogP contribution in [0.15, 0.2) is 66.9 Å². The molecule has 0 spiro atoms. The van der Waals surface area contributed by atoms with Crippen molar-refractivity contribution in [2.24, 2.45) is 11.3 Å². The van der Waals surface area contributed by atoms with E-state index in [1.165, 1.54) is 16.3 Å². The molecule has 0 bridgehead atoms. The molecule has 0 saturated carbocycles. The van der Waals surface area contributed by atoms with Crippen molar-refractivity contribution < 1.29 is 0 Å². The zero-order chi connectivity index (χ0) is 15.6. The summed E-state index contributed by atoms with van der Waals surface area (Å²) in [5.74, 6) is 0.451. The molecular formula is C21H23N. The van der Waals surface area contributed by atoms with Gasteiger partial charge in [0.05, 0.1) is 5.69 Å². The second-order valence-electron chi connectivity index (χ2n) is 6.54. The molecule has 1 aromatic heterocycles. The fourth-order valence-electron chi connectivity index (χ4n) is 3.47. The van der Waals surface area contributed by atoms with E-state index in [0.717, 1.165) is 12.1 Å². The molecule has 0 amide bonds. The number of allylic oxidation sites excluding steroid dienone is 6. The Bertz CT molecular complexity index is 757. The van der Waals surface area contributed by atoms with Gasteiger partial charge in [0.1, 0.15) is 0 Å². The van der Waals surface area contributed by atoms with Gasteiger partial charge in [-0.2, -0.15) is 0 Å². The second-order valence-corrected chi connectivity index (χ2v) is 6.54. The number of hydrogen-bond acceptors (Lipinski definition) is 1. The Labute approximate surface area is 133 Å². The highest BCUT2D eigenvalue weighted by Crippen LogP contribution is 2.43. The summed E-state index contributed by atoms with van der Waals surface area (Å²) < 4.78 is 0. The van der Waals surface area contributed by atoms with Crippen LogP contribution in [0.25, 0.3) is 16.3 Å². The quantitative estimate of drug-likeness (QED) is 0.651. The van der Waals surface area contributed by atoms with Crippen molar-refractivity contribution in [2.45, 2.75) is 27.2 Å². The van der Waals surface area contributed by atoms with Crippen molar-refractivity contribution in [2.75, 3.05) is 0 Å². The Kier molecular flexibility index (Phi) is 3.98. The van der Waals surface area contributed by atoms with E-state index < -0.39 is 0 Å². The van der Waals surface area contributed by atoms with Crippen LogP contribution in [0, 0.1) is 11.3 Å². The molecule has 22 heavy (non-hydrogen) atoms. The Morgan fingerprint density at radius 2 is 2.00 bits per heavy atom. The van der Waals surface area contributed by atoms with Crippen LogP contribution in [0.1, 0.15) is 32.9 Å². The standard InChI is InChI=1S/C21H23N/c1-4-14-21(2,3)19-12-8-7-11-18(19)20-17-10-6-5-9-16(17)13-15-22-20/h4-11,13-15,19H,12H2,1-3H3. The lowest BCUT2D eigenvalue weighted by Gasteiger charge is -2.34. The molecule has 2 aromatic rings. The summed E-state index contributed by atoms with van der Waals surface area (Å²) in [6, 6.07) is 10.6. The summed E-state index contributed by atoms with van der Waals surface area (Å²) in [7, 11) is 0. The molecule has 3 rings (SSSR count). The van der Waals surface area contributed by atoms with Gasteiger partial charge in [-0.1, -0.05) is 68.5 Å². The molecule has 1 atom stereocenters. The third-order valence-corrected chi connectivity index (χ3v) is 4.60. The smallest absolute Gasteiger partial charge is 0.0743 e. The van der Waals surface area contributed by atoms with E-state index in [1.807, 2.05) is 6.20 Å². The Hall–Kier alpha value is -2.15. The Balaban J connectivity index is 2.15. The van der Waals surface area contributed by atoms with Gasteiger partial charge in [-0.3, -0.25) is 4.98 Å². The zero-order valence-electron chi connectivity index (χ0n) is 13.6. The van der Waals surface area contributed by atoms with Gasteiger partial charge < -0.3 is 0 Å².